The monoisotopic (exact) mass is 445 g/mol. The van der Waals surface area contributed by atoms with Gasteiger partial charge in [-0.15, -0.1) is 0 Å². The average Bonchev–Trinajstić information content (AvgIpc) is 3.41. The Hall–Kier alpha value is -2.90. The molecule has 0 aromatic heterocycles. The van der Waals surface area contributed by atoms with Crippen LogP contribution in [0.1, 0.15) is 38.7 Å². The minimum atomic E-state index is -2.55. The number of alkyl halides is 2. The molecule has 0 bridgehead atoms. The maximum Gasteiger partial charge on any atom is 0.253 e. The first-order chi connectivity index (χ1) is 15.3. The van der Waals surface area contributed by atoms with E-state index in [2.05, 4.69) is 22.9 Å². The number of carbonyl (C=O) groups excluding carboxylic acids is 1. The number of anilines is 1. The van der Waals surface area contributed by atoms with Crippen molar-refractivity contribution in [2.45, 2.75) is 45.1 Å². The first kappa shape index (κ1) is 23.8. The normalized spacial score (nSPS) is 21.1. The minimum Gasteiger partial charge on any atom is -0.393 e. The summed E-state index contributed by atoms with van der Waals surface area (Å²) < 4.78 is 26.7. The van der Waals surface area contributed by atoms with Crippen molar-refractivity contribution in [2.75, 3.05) is 32.0 Å². The molecule has 174 valence electrons. The van der Waals surface area contributed by atoms with Crippen LogP contribution in [0, 0.1) is 11.3 Å². The van der Waals surface area contributed by atoms with Gasteiger partial charge in [0.25, 0.3) is 5.92 Å². The molecule has 8 heteroatoms. The van der Waals surface area contributed by atoms with Crippen LogP contribution in [0.5, 0.6) is 0 Å². The van der Waals surface area contributed by atoms with E-state index in [0.29, 0.717) is 19.5 Å². The lowest BCUT2D eigenvalue weighted by Crippen LogP contribution is -2.42. The molecule has 1 aliphatic heterocycles. The molecule has 3 rings (SSSR count). The molecular formula is C24H33F2N5O. The van der Waals surface area contributed by atoms with Gasteiger partial charge in [-0.1, -0.05) is 19.1 Å². The van der Waals surface area contributed by atoms with Gasteiger partial charge in [0, 0.05) is 81.7 Å². The van der Waals surface area contributed by atoms with Gasteiger partial charge in [0.05, 0.1) is 6.04 Å². The molecule has 1 amide bonds. The summed E-state index contributed by atoms with van der Waals surface area (Å²) in [6, 6.07) is 7.81. The molecule has 4 N–H and O–H groups in total. The van der Waals surface area contributed by atoms with E-state index < -0.39 is 11.8 Å². The van der Waals surface area contributed by atoms with E-state index in [9.17, 15) is 13.6 Å². The molecule has 0 saturated heterocycles. The maximum atomic E-state index is 13.3. The topological polar surface area (TPSA) is 80.2 Å². The van der Waals surface area contributed by atoms with Gasteiger partial charge in [-0.2, -0.15) is 0 Å². The van der Waals surface area contributed by atoms with Crippen LogP contribution in [0.3, 0.4) is 0 Å². The molecule has 2 atom stereocenters. The van der Waals surface area contributed by atoms with Crippen LogP contribution in [-0.4, -0.2) is 55.7 Å². The molecule has 6 nitrogen and oxygen atoms in total. The summed E-state index contributed by atoms with van der Waals surface area (Å²) in [5.41, 5.74) is 4.67. The molecule has 0 radical (unpaired) electrons. The number of halogens is 2. The molecule has 1 heterocycles. The van der Waals surface area contributed by atoms with Gasteiger partial charge in [-0.3, -0.25) is 4.79 Å². The van der Waals surface area contributed by atoms with Gasteiger partial charge in [0.2, 0.25) is 5.91 Å². The van der Waals surface area contributed by atoms with Crippen LogP contribution < -0.4 is 16.0 Å². The second kappa shape index (κ2) is 10.1. The number of benzene rings is 1. The first-order valence-corrected chi connectivity index (χ1v) is 11.1. The van der Waals surface area contributed by atoms with E-state index in [1.54, 1.807) is 25.1 Å². The Morgan fingerprint density at radius 1 is 1.34 bits per heavy atom. The van der Waals surface area contributed by atoms with Crippen molar-refractivity contribution < 1.29 is 13.6 Å². The third-order valence-electron chi connectivity index (χ3n) is 6.19. The van der Waals surface area contributed by atoms with Gasteiger partial charge >= 0.3 is 0 Å². The Labute approximate surface area is 188 Å². The molecule has 32 heavy (non-hydrogen) atoms. The van der Waals surface area contributed by atoms with E-state index >= 15 is 0 Å². The quantitative estimate of drug-likeness (QED) is 0.413. The number of hydrogen-bond donors (Lipinski definition) is 4. The van der Waals surface area contributed by atoms with E-state index in [4.69, 9.17) is 5.41 Å². The number of rotatable bonds is 10. The lowest BCUT2D eigenvalue weighted by molar-refractivity contribution is -0.128. The Morgan fingerprint density at radius 2 is 2.03 bits per heavy atom. The van der Waals surface area contributed by atoms with Gasteiger partial charge in [0.1, 0.15) is 0 Å². The molecule has 0 spiro atoms. The highest BCUT2D eigenvalue weighted by atomic mass is 19.3. The number of hydrogen-bond acceptors (Lipinski definition) is 5. The first-order valence-electron chi connectivity index (χ1n) is 11.1. The summed E-state index contributed by atoms with van der Waals surface area (Å²) in [6.45, 7) is 4.98. The summed E-state index contributed by atoms with van der Waals surface area (Å²) in [4.78, 5) is 13.8. The number of amides is 1. The Morgan fingerprint density at radius 3 is 2.56 bits per heavy atom. The van der Waals surface area contributed by atoms with Crippen molar-refractivity contribution in [2.24, 2.45) is 5.92 Å². The van der Waals surface area contributed by atoms with Gasteiger partial charge in [-0.05, 0) is 29.7 Å². The second-order valence-electron chi connectivity index (χ2n) is 8.45. The summed E-state index contributed by atoms with van der Waals surface area (Å²) in [5, 5.41) is 17.3. The van der Waals surface area contributed by atoms with E-state index in [1.165, 1.54) is 6.21 Å². The van der Waals surface area contributed by atoms with Crippen molar-refractivity contribution in [3.8, 4) is 0 Å². The van der Waals surface area contributed by atoms with E-state index in [0.717, 1.165) is 34.5 Å². The molecule has 1 aromatic carbocycles. The standard InChI is InChI=1S/C24H33F2N5O/c1-4-22(30-20-7-5-17(6-8-20)18(12-27)13-28-3)21-15-31(16(2)32)10-9-23(21)29-14-19-11-24(19,25)26/h5-8,12-13,19,22,27-30H,4,9-11,14-15H2,1-3H3/b18-13+,27-12?. The van der Waals surface area contributed by atoms with Gasteiger partial charge in [-0.25, -0.2) is 8.78 Å². The Kier molecular flexibility index (Phi) is 7.53. The minimum absolute atomic E-state index is 0.0185. The highest BCUT2D eigenvalue weighted by Crippen LogP contribution is 2.48. The van der Waals surface area contributed by atoms with Crippen molar-refractivity contribution in [1.82, 2.24) is 15.5 Å². The van der Waals surface area contributed by atoms with Crippen LogP contribution in [0.25, 0.3) is 5.57 Å². The van der Waals surface area contributed by atoms with Crippen LogP contribution in [-0.2, 0) is 4.79 Å². The van der Waals surface area contributed by atoms with Crippen LogP contribution in [0.2, 0.25) is 0 Å². The van der Waals surface area contributed by atoms with E-state index in [1.807, 2.05) is 24.3 Å². The van der Waals surface area contributed by atoms with Crippen molar-refractivity contribution in [3.63, 3.8) is 0 Å². The molecular weight excluding hydrogens is 412 g/mol. The van der Waals surface area contributed by atoms with Gasteiger partial charge < -0.3 is 26.3 Å². The number of allylic oxidation sites excluding steroid dienone is 1. The summed E-state index contributed by atoms with van der Waals surface area (Å²) in [6.07, 6.45) is 4.46. The Bertz CT molecular complexity index is 894. The zero-order valence-corrected chi connectivity index (χ0v) is 19.0. The van der Waals surface area contributed by atoms with Crippen molar-refractivity contribution in [1.29, 1.82) is 5.41 Å². The SMILES string of the molecule is CCC(Nc1ccc(/C(C=N)=C/NC)cc1)C1=C(NCC2CC2(F)F)CCN(C(C)=O)C1. The fraction of sp³-hybridized carbons (Fsp3) is 0.500. The highest BCUT2D eigenvalue weighted by molar-refractivity contribution is 6.08. The van der Waals surface area contributed by atoms with Crippen LogP contribution >= 0.6 is 0 Å². The van der Waals surface area contributed by atoms with Crippen LogP contribution in [0.4, 0.5) is 14.5 Å². The largest absolute Gasteiger partial charge is 0.393 e. The zero-order chi connectivity index (χ0) is 23.3. The fourth-order valence-corrected chi connectivity index (χ4v) is 4.08. The molecule has 1 aliphatic carbocycles. The number of nitrogens with one attached hydrogen (secondary N) is 4. The van der Waals surface area contributed by atoms with Crippen molar-refractivity contribution in [3.05, 3.63) is 47.3 Å². The van der Waals surface area contributed by atoms with Crippen molar-refractivity contribution >= 4 is 23.4 Å². The lowest BCUT2D eigenvalue weighted by atomic mass is 9.96. The summed E-state index contributed by atoms with van der Waals surface area (Å²) >= 11 is 0. The second-order valence-corrected chi connectivity index (χ2v) is 8.45. The van der Waals surface area contributed by atoms with E-state index in [-0.39, 0.29) is 24.9 Å². The molecule has 1 saturated carbocycles. The third-order valence-corrected chi connectivity index (χ3v) is 6.19. The predicted octanol–water partition coefficient (Wildman–Crippen LogP) is 3.84. The lowest BCUT2D eigenvalue weighted by Gasteiger charge is -2.35. The number of nitrogens with zero attached hydrogens (tertiary/aromatic N) is 1. The van der Waals surface area contributed by atoms with Gasteiger partial charge in [0.15, 0.2) is 0 Å². The summed E-state index contributed by atoms with van der Waals surface area (Å²) in [5.74, 6) is -3.13. The molecule has 1 fully saturated rings. The molecule has 1 aromatic rings. The third kappa shape index (κ3) is 5.66. The zero-order valence-electron chi connectivity index (χ0n) is 19.0. The Balaban J connectivity index is 1.78. The van der Waals surface area contributed by atoms with Crippen LogP contribution in [0.15, 0.2) is 41.7 Å². The molecule has 2 aliphatic rings. The highest BCUT2D eigenvalue weighted by Gasteiger charge is 2.56. The fourth-order valence-electron chi connectivity index (χ4n) is 4.08. The maximum absolute atomic E-state index is 13.3. The summed E-state index contributed by atoms with van der Waals surface area (Å²) in [7, 11) is 1.80. The predicted molar refractivity (Wildman–Crippen MR) is 125 cm³/mol. The smallest absolute Gasteiger partial charge is 0.253 e. The number of carbonyl (C=O) groups is 1. The average molecular weight is 446 g/mol. The molecule has 2 unspecified atom stereocenters.